The molecule has 6 aromatic rings. The van der Waals surface area contributed by atoms with Gasteiger partial charge in [0.15, 0.2) is 11.5 Å². The normalized spacial score (nSPS) is 11.2. The lowest BCUT2D eigenvalue weighted by Crippen LogP contribution is -2.20. The minimum atomic E-state index is -0.789. The first-order valence-corrected chi connectivity index (χ1v) is 15.7. The molecular formula is C35H30ClIN4O4. The molecule has 0 amide bonds. The van der Waals surface area contributed by atoms with Crippen LogP contribution >= 0.6 is 34.2 Å². The summed E-state index contributed by atoms with van der Waals surface area (Å²) < 4.78 is 12.8. The van der Waals surface area contributed by atoms with Gasteiger partial charge in [-0.25, -0.2) is 0 Å². The Morgan fingerprint density at radius 3 is 1.80 bits per heavy atom. The molecule has 6 rings (SSSR count). The number of nitrogens with one attached hydrogen (secondary N) is 4. The molecule has 0 saturated heterocycles. The SMILES string of the molecule is COc1cc(C(c2c(-c3ccc(C)cc3)[nH][nH]c2=O)c2c(-c3ccc(C)cc3)[nH][nH]c2=O)cc(I)c1OCc1ccccc1Cl. The molecule has 10 heteroatoms. The number of hydrogen-bond donors (Lipinski definition) is 4. The van der Waals surface area contributed by atoms with E-state index in [1.54, 1.807) is 7.11 Å². The van der Waals surface area contributed by atoms with Crippen molar-refractivity contribution in [1.29, 1.82) is 0 Å². The first-order chi connectivity index (χ1) is 21.7. The van der Waals surface area contributed by atoms with Gasteiger partial charge in [0.2, 0.25) is 0 Å². The standard InChI is InChI=1S/C35H30ClIN4O4/c1-19-8-12-21(13-9-19)31-29(34(42)40-38-31)28(30-32(39-41-35(30)43)22-14-10-20(2)11-15-22)24-16-26(37)33(27(17-24)44-3)45-18-23-6-4-5-7-25(23)36/h4-17,28H,18H2,1-3H3,(H2,38,40,42)(H2,39,41,43). The second-order valence-corrected chi connectivity index (χ2v) is 12.4. The lowest BCUT2D eigenvalue weighted by atomic mass is 9.83. The molecule has 2 heterocycles. The van der Waals surface area contributed by atoms with Crippen molar-refractivity contribution in [3.05, 3.63) is 148 Å². The van der Waals surface area contributed by atoms with Crippen LogP contribution in [0.2, 0.25) is 5.02 Å². The topological polar surface area (TPSA) is 116 Å². The molecule has 228 valence electrons. The molecule has 0 saturated carbocycles. The van der Waals surface area contributed by atoms with Gasteiger partial charge in [0.25, 0.3) is 11.1 Å². The van der Waals surface area contributed by atoms with Gasteiger partial charge < -0.3 is 9.47 Å². The van der Waals surface area contributed by atoms with E-state index in [9.17, 15) is 9.59 Å². The quantitative estimate of drug-likeness (QED) is 0.114. The summed E-state index contributed by atoms with van der Waals surface area (Å²) in [6.07, 6.45) is 0. The maximum atomic E-state index is 13.7. The number of hydrogen-bond acceptors (Lipinski definition) is 4. The number of aromatic amines is 4. The number of H-pyrrole nitrogens is 4. The summed E-state index contributed by atoms with van der Waals surface area (Å²) in [5, 5.41) is 12.3. The van der Waals surface area contributed by atoms with Crippen LogP contribution in [0.4, 0.5) is 0 Å². The summed E-state index contributed by atoms with van der Waals surface area (Å²) in [4.78, 5) is 27.4. The van der Waals surface area contributed by atoms with Crippen LogP contribution < -0.4 is 20.6 Å². The lowest BCUT2D eigenvalue weighted by Gasteiger charge is -2.21. The third-order valence-electron chi connectivity index (χ3n) is 7.80. The summed E-state index contributed by atoms with van der Waals surface area (Å²) in [5.74, 6) is 0.202. The van der Waals surface area contributed by atoms with Crippen molar-refractivity contribution >= 4 is 34.2 Å². The van der Waals surface area contributed by atoms with Gasteiger partial charge in [-0.1, -0.05) is 89.5 Å². The number of ether oxygens (including phenoxy) is 2. The Balaban J connectivity index is 1.55. The van der Waals surface area contributed by atoms with Crippen molar-refractivity contribution < 1.29 is 9.47 Å². The third kappa shape index (κ3) is 6.10. The van der Waals surface area contributed by atoms with Gasteiger partial charge in [-0.3, -0.25) is 30.0 Å². The molecule has 0 spiro atoms. The van der Waals surface area contributed by atoms with E-state index >= 15 is 0 Å². The number of aryl methyl sites for hydroxylation is 2. The van der Waals surface area contributed by atoms with E-state index in [0.29, 0.717) is 44.6 Å². The maximum Gasteiger partial charge on any atom is 0.268 e. The van der Waals surface area contributed by atoms with E-state index in [1.807, 2.05) is 98.8 Å². The lowest BCUT2D eigenvalue weighted by molar-refractivity contribution is 0.282. The summed E-state index contributed by atoms with van der Waals surface area (Å²) >= 11 is 8.57. The van der Waals surface area contributed by atoms with Crippen LogP contribution in [0.15, 0.2) is 94.5 Å². The molecule has 0 bridgehead atoms. The molecule has 4 N–H and O–H groups in total. The van der Waals surface area contributed by atoms with Crippen LogP contribution in [0.3, 0.4) is 0 Å². The highest BCUT2D eigenvalue weighted by Gasteiger charge is 2.32. The van der Waals surface area contributed by atoms with Gasteiger partial charge in [0.1, 0.15) is 6.61 Å². The van der Waals surface area contributed by atoms with Crippen LogP contribution in [0, 0.1) is 17.4 Å². The van der Waals surface area contributed by atoms with E-state index in [0.717, 1.165) is 31.4 Å². The number of benzene rings is 4. The Bertz CT molecular complexity index is 1990. The van der Waals surface area contributed by atoms with Gasteiger partial charge in [-0.05, 0) is 71.3 Å². The molecule has 2 aromatic heterocycles. The minimum Gasteiger partial charge on any atom is -0.493 e. The number of aromatic nitrogens is 4. The van der Waals surface area contributed by atoms with E-state index in [2.05, 4.69) is 43.0 Å². The number of rotatable bonds is 9. The minimum absolute atomic E-state index is 0.235. The fourth-order valence-corrected chi connectivity index (χ4v) is 6.44. The Morgan fingerprint density at radius 2 is 1.29 bits per heavy atom. The van der Waals surface area contributed by atoms with Crippen LogP contribution in [-0.4, -0.2) is 27.5 Å². The molecular weight excluding hydrogens is 703 g/mol. The second kappa shape index (κ2) is 12.9. The van der Waals surface area contributed by atoms with E-state index < -0.39 is 5.92 Å². The Morgan fingerprint density at radius 1 is 0.756 bits per heavy atom. The maximum absolute atomic E-state index is 13.7. The third-order valence-corrected chi connectivity index (χ3v) is 8.97. The first-order valence-electron chi connectivity index (χ1n) is 14.2. The largest absolute Gasteiger partial charge is 0.493 e. The van der Waals surface area contributed by atoms with Crippen molar-refractivity contribution in [2.75, 3.05) is 7.11 Å². The molecule has 0 radical (unpaired) electrons. The zero-order chi connectivity index (χ0) is 31.7. The van der Waals surface area contributed by atoms with Crippen LogP contribution in [-0.2, 0) is 6.61 Å². The highest BCUT2D eigenvalue weighted by atomic mass is 127. The average Bonchev–Trinajstić information content (AvgIpc) is 3.60. The molecule has 0 atom stereocenters. The zero-order valence-corrected chi connectivity index (χ0v) is 27.7. The predicted molar refractivity (Wildman–Crippen MR) is 186 cm³/mol. The van der Waals surface area contributed by atoms with Gasteiger partial charge in [0, 0.05) is 16.5 Å². The van der Waals surface area contributed by atoms with Gasteiger partial charge >= 0.3 is 0 Å². The molecule has 8 nitrogen and oxygen atoms in total. The average molecular weight is 733 g/mol. The van der Waals surface area contributed by atoms with Crippen LogP contribution in [0.1, 0.15) is 39.3 Å². The van der Waals surface area contributed by atoms with Crippen molar-refractivity contribution in [2.24, 2.45) is 0 Å². The monoisotopic (exact) mass is 732 g/mol. The summed E-state index contributed by atoms with van der Waals surface area (Å²) in [6, 6.07) is 27.0. The van der Waals surface area contributed by atoms with Crippen LogP contribution in [0.25, 0.3) is 22.5 Å². The fourth-order valence-electron chi connectivity index (χ4n) is 5.47. The summed E-state index contributed by atoms with van der Waals surface area (Å²) in [6.45, 7) is 4.24. The summed E-state index contributed by atoms with van der Waals surface area (Å²) in [7, 11) is 1.56. The van der Waals surface area contributed by atoms with Gasteiger partial charge in [-0.15, -0.1) is 0 Å². The molecule has 0 aliphatic rings. The van der Waals surface area contributed by atoms with Crippen molar-refractivity contribution in [3.8, 4) is 34.0 Å². The van der Waals surface area contributed by atoms with Gasteiger partial charge in [-0.2, -0.15) is 0 Å². The second-order valence-electron chi connectivity index (χ2n) is 10.8. The smallest absolute Gasteiger partial charge is 0.268 e. The Labute approximate surface area is 277 Å². The molecule has 0 unspecified atom stereocenters. The predicted octanol–water partition coefficient (Wildman–Crippen LogP) is 7.70. The summed E-state index contributed by atoms with van der Waals surface area (Å²) in [5.41, 5.74) is 6.63. The number of halogens is 2. The van der Waals surface area contributed by atoms with Gasteiger partial charge in [0.05, 0.1) is 33.2 Å². The highest BCUT2D eigenvalue weighted by molar-refractivity contribution is 14.1. The Kier molecular flexibility index (Phi) is 8.73. The van der Waals surface area contributed by atoms with Crippen LogP contribution in [0.5, 0.6) is 11.5 Å². The van der Waals surface area contributed by atoms with Crippen molar-refractivity contribution in [3.63, 3.8) is 0 Å². The van der Waals surface area contributed by atoms with E-state index in [4.69, 9.17) is 21.1 Å². The highest BCUT2D eigenvalue weighted by Crippen LogP contribution is 2.43. The molecule has 0 fully saturated rings. The molecule has 4 aromatic carbocycles. The van der Waals surface area contributed by atoms with E-state index in [-0.39, 0.29) is 17.7 Å². The van der Waals surface area contributed by atoms with E-state index in [1.165, 1.54) is 0 Å². The van der Waals surface area contributed by atoms with Crippen molar-refractivity contribution in [2.45, 2.75) is 26.4 Å². The van der Waals surface area contributed by atoms with Crippen molar-refractivity contribution in [1.82, 2.24) is 20.4 Å². The molecule has 0 aliphatic heterocycles. The zero-order valence-electron chi connectivity index (χ0n) is 24.8. The molecule has 45 heavy (non-hydrogen) atoms. The number of methoxy groups -OCH3 is 1. The Hall–Kier alpha value is -4.48. The first kappa shape index (κ1) is 30.5. The molecule has 0 aliphatic carbocycles. The fraction of sp³-hybridized carbons (Fsp3) is 0.143.